The minimum absolute atomic E-state index is 0.0448. The first-order valence-corrected chi connectivity index (χ1v) is 6.24. The molecule has 2 heterocycles. The van der Waals surface area contributed by atoms with E-state index in [0.717, 1.165) is 5.69 Å². The van der Waals surface area contributed by atoms with Crippen LogP contribution in [0.2, 0.25) is 0 Å². The average molecular weight is 276 g/mol. The summed E-state index contributed by atoms with van der Waals surface area (Å²) >= 11 is 0. The molecular formula is C14H16N2O4. The zero-order valence-corrected chi connectivity index (χ0v) is 11.4. The van der Waals surface area contributed by atoms with E-state index in [1.54, 1.807) is 22.9 Å². The van der Waals surface area contributed by atoms with E-state index in [2.05, 4.69) is 10.1 Å². The molecule has 1 N–H and O–H groups in total. The Kier molecular flexibility index (Phi) is 4.24. The molecule has 6 heteroatoms. The largest absolute Gasteiger partial charge is 0.463 e. The van der Waals surface area contributed by atoms with Crippen LogP contribution in [-0.2, 0) is 17.8 Å². The van der Waals surface area contributed by atoms with Gasteiger partial charge in [-0.3, -0.25) is 4.79 Å². The third kappa shape index (κ3) is 2.90. The Bertz CT molecular complexity index is 657. The molecule has 106 valence electrons. The molecule has 0 amide bonds. The second-order valence-corrected chi connectivity index (χ2v) is 4.16. The molecule has 0 aromatic carbocycles. The molecule has 0 aliphatic carbocycles. The van der Waals surface area contributed by atoms with Crippen molar-refractivity contribution in [2.45, 2.75) is 20.0 Å². The lowest BCUT2D eigenvalue weighted by atomic mass is 10.2. The number of hydrogen-bond acceptors (Lipinski definition) is 5. The fourth-order valence-electron chi connectivity index (χ4n) is 1.83. The Labute approximate surface area is 116 Å². The summed E-state index contributed by atoms with van der Waals surface area (Å²) in [6, 6.07) is 4.91. The first-order valence-electron chi connectivity index (χ1n) is 6.24. The van der Waals surface area contributed by atoms with Gasteiger partial charge in [0, 0.05) is 30.9 Å². The van der Waals surface area contributed by atoms with Gasteiger partial charge in [0.05, 0.1) is 19.1 Å². The van der Waals surface area contributed by atoms with Crippen LogP contribution < -0.4 is 10.9 Å². The number of carbonyl (C=O) groups is 1. The van der Waals surface area contributed by atoms with Gasteiger partial charge in [-0.25, -0.2) is 4.79 Å². The average Bonchev–Trinajstić information content (AvgIpc) is 2.94. The minimum Gasteiger partial charge on any atom is -0.463 e. The Morgan fingerprint density at radius 3 is 2.90 bits per heavy atom. The van der Waals surface area contributed by atoms with Crippen LogP contribution in [-0.4, -0.2) is 17.6 Å². The van der Waals surface area contributed by atoms with Crippen LogP contribution in [0.1, 0.15) is 23.0 Å². The van der Waals surface area contributed by atoms with Gasteiger partial charge in [0.25, 0.3) is 5.56 Å². The van der Waals surface area contributed by atoms with E-state index in [1.807, 2.05) is 6.92 Å². The number of rotatable bonds is 5. The van der Waals surface area contributed by atoms with Crippen LogP contribution in [0.15, 0.2) is 39.9 Å². The maximum Gasteiger partial charge on any atom is 0.374 e. The van der Waals surface area contributed by atoms with Crippen LogP contribution in [0.5, 0.6) is 0 Å². The van der Waals surface area contributed by atoms with Crippen molar-refractivity contribution >= 4 is 11.7 Å². The van der Waals surface area contributed by atoms with Gasteiger partial charge in [0.15, 0.2) is 0 Å². The van der Waals surface area contributed by atoms with Gasteiger partial charge >= 0.3 is 5.97 Å². The number of hydrogen-bond donors (Lipinski definition) is 1. The molecule has 0 spiro atoms. The van der Waals surface area contributed by atoms with Crippen LogP contribution in [0.4, 0.5) is 5.69 Å². The zero-order chi connectivity index (χ0) is 14.5. The molecule has 0 radical (unpaired) electrons. The SMILES string of the molecule is CCn1cc(NCc2ccoc2C(=O)OC)ccc1=O. The number of furan rings is 1. The van der Waals surface area contributed by atoms with Gasteiger partial charge in [-0.05, 0) is 19.1 Å². The number of aromatic nitrogens is 1. The topological polar surface area (TPSA) is 73.5 Å². The van der Waals surface area contributed by atoms with Crippen molar-refractivity contribution in [1.29, 1.82) is 0 Å². The van der Waals surface area contributed by atoms with Crippen molar-refractivity contribution in [2.75, 3.05) is 12.4 Å². The fourth-order valence-corrected chi connectivity index (χ4v) is 1.83. The van der Waals surface area contributed by atoms with E-state index in [-0.39, 0.29) is 11.3 Å². The van der Waals surface area contributed by atoms with Gasteiger partial charge in [-0.1, -0.05) is 0 Å². The summed E-state index contributed by atoms with van der Waals surface area (Å²) < 4.78 is 11.3. The number of ether oxygens (including phenoxy) is 1. The highest BCUT2D eigenvalue weighted by atomic mass is 16.5. The quantitative estimate of drug-likeness (QED) is 0.844. The Morgan fingerprint density at radius 2 is 2.20 bits per heavy atom. The molecule has 2 aromatic rings. The van der Waals surface area contributed by atoms with Gasteiger partial charge < -0.3 is 19.0 Å². The summed E-state index contributed by atoms with van der Waals surface area (Å²) in [5.74, 6) is -0.325. The third-order valence-corrected chi connectivity index (χ3v) is 2.92. The van der Waals surface area contributed by atoms with Gasteiger partial charge in [0.2, 0.25) is 5.76 Å². The Hall–Kier alpha value is -2.50. The van der Waals surface area contributed by atoms with Crippen LogP contribution >= 0.6 is 0 Å². The molecule has 2 aromatic heterocycles. The molecule has 0 fully saturated rings. The van der Waals surface area contributed by atoms with E-state index in [4.69, 9.17) is 4.42 Å². The highest BCUT2D eigenvalue weighted by Gasteiger charge is 2.15. The van der Waals surface area contributed by atoms with Crippen LogP contribution in [0, 0.1) is 0 Å². The molecule has 2 rings (SSSR count). The molecule has 20 heavy (non-hydrogen) atoms. The third-order valence-electron chi connectivity index (χ3n) is 2.92. The smallest absolute Gasteiger partial charge is 0.374 e. The molecule has 0 saturated heterocycles. The lowest BCUT2D eigenvalue weighted by Crippen LogP contribution is -2.18. The van der Waals surface area contributed by atoms with Gasteiger partial charge in [0.1, 0.15) is 0 Å². The second kappa shape index (κ2) is 6.10. The summed E-state index contributed by atoms with van der Waals surface area (Å²) in [5, 5.41) is 3.14. The molecule has 0 aliphatic rings. The van der Waals surface area contributed by atoms with Crippen molar-refractivity contribution in [3.05, 3.63) is 52.3 Å². The molecule has 0 bridgehead atoms. The number of methoxy groups -OCH3 is 1. The summed E-state index contributed by atoms with van der Waals surface area (Å²) in [7, 11) is 1.30. The lowest BCUT2D eigenvalue weighted by Gasteiger charge is -2.08. The number of esters is 1. The molecule has 0 aliphatic heterocycles. The fraction of sp³-hybridized carbons (Fsp3) is 0.286. The number of aryl methyl sites for hydroxylation is 1. The monoisotopic (exact) mass is 276 g/mol. The van der Waals surface area contributed by atoms with E-state index < -0.39 is 5.97 Å². The standard InChI is InChI=1S/C14H16N2O4/c1-3-16-9-11(4-5-12(16)17)15-8-10-6-7-20-13(10)14(18)19-2/h4-7,9,15H,3,8H2,1-2H3. The van der Waals surface area contributed by atoms with Crippen LogP contribution in [0.3, 0.4) is 0 Å². The Balaban J connectivity index is 2.11. The first kappa shape index (κ1) is 13.9. The van der Waals surface area contributed by atoms with Crippen LogP contribution in [0.25, 0.3) is 0 Å². The summed E-state index contributed by atoms with van der Waals surface area (Å²) in [4.78, 5) is 22.9. The van der Waals surface area contributed by atoms with E-state index >= 15 is 0 Å². The predicted molar refractivity (Wildman–Crippen MR) is 73.8 cm³/mol. The Morgan fingerprint density at radius 1 is 1.40 bits per heavy atom. The highest BCUT2D eigenvalue weighted by molar-refractivity contribution is 5.87. The molecule has 6 nitrogen and oxygen atoms in total. The summed E-state index contributed by atoms with van der Waals surface area (Å²) in [6.45, 7) is 2.91. The van der Waals surface area contributed by atoms with Gasteiger partial charge in [-0.15, -0.1) is 0 Å². The number of nitrogens with zero attached hydrogens (tertiary/aromatic N) is 1. The van der Waals surface area contributed by atoms with Gasteiger partial charge in [-0.2, -0.15) is 0 Å². The van der Waals surface area contributed by atoms with E-state index in [9.17, 15) is 9.59 Å². The minimum atomic E-state index is -0.509. The number of carbonyl (C=O) groups excluding carboxylic acids is 1. The molecule has 0 unspecified atom stereocenters. The first-order chi connectivity index (χ1) is 9.65. The normalized spacial score (nSPS) is 10.3. The van der Waals surface area contributed by atoms with Crippen molar-refractivity contribution in [3.8, 4) is 0 Å². The number of pyridine rings is 1. The lowest BCUT2D eigenvalue weighted by molar-refractivity contribution is 0.0563. The number of anilines is 1. The zero-order valence-electron chi connectivity index (χ0n) is 11.4. The maximum atomic E-state index is 11.5. The van der Waals surface area contributed by atoms with Crippen molar-refractivity contribution in [3.63, 3.8) is 0 Å². The van der Waals surface area contributed by atoms with Crippen molar-refractivity contribution in [1.82, 2.24) is 4.57 Å². The summed E-state index contributed by atoms with van der Waals surface area (Å²) in [5.41, 5.74) is 1.45. The van der Waals surface area contributed by atoms with E-state index in [1.165, 1.54) is 19.4 Å². The highest BCUT2D eigenvalue weighted by Crippen LogP contribution is 2.14. The van der Waals surface area contributed by atoms with E-state index in [0.29, 0.717) is 18.7 Å². The summed E-state index contributed by atoms with van der Waals surface area (Å²) in [6.07, 6.45) is 3.18. The van der Waals surface area contributed by atoms with Crippen molar-refractivity contribution < 1.29 is 13.9 Å². The maximum absolute atomic E-state index is 11.5. The van der Waals surface area contributed by atoms with Crippen molar-refractivity contribution in [2.24, 2.45) is 0 Å². The predicted octanol–water partition coefficient (Wildman–Crippen LogP) is 1.86. The second-order valence-electron chi connectivity index (χ2n) is 4.16. The molecular weight excluding hydrogens is 260 g/mol. The number of nitrogens with one attached hydrogen (secondary N) is 1. The molecule has 0 atom stereocenters. The molecule has 0 saturated carbocycles.